The number of hydrogen-bond donors (Lipinski definition) is 1. The van der Waals surface area contributed by atoms with Gasteiger partial charge in [0, 0.05) is 69.1 Å². The normalized spacial score (nSPS) is 19.1. The minimum atomic E-state index is -4.43. The third kappa shape index (κ3) is 5.75. The maximum Gasteiger partial charge on any atom is 0.416 e. The highest BCUT2D eigenvalue weighted by Crippen LogP contribution is 2.37. The number of nitrogens with zero attached hydrogens (tertiary/aromatic N) is 6. The van der Waals surface area contributed by atoms with Crippen LogP contribution in [0.2, 0.25) is 0 Å². The van der Waals surface area contributed by atoms with Crippen molar-refractivity contribution in [2.75, 3.05) is 49.9 Å². The highest BCUT2D eigenvalue weighted by atomic mass is 32.2. The first-order valence-corrected chi connectivity index (χ1v) is 16.2. The Morgan fingerprint density at radius 3 is 2.40 bits per heavy atom. The molecule has 0 radical (unpaired) electrons. The fourth-order valence-corrected chi connectivity index (χ4v) is 7.20. The number of nitrogens with one attached hydrogen (secondary N) is 1. The Balaban J connectivity index is 1.12. The summed E-state index contributed by atoms with van der Waals surface area (Å²) in [6.07, 6.45) is 0.244. The van der Waals surface area contributed by atoms with E-state index in [0.717, 1.165) is 68.0 Å². The lowest BCUT2D eigenvalue weighted by molar-refractivity contribution is -0.137. The molecule has 3 aliphatic rings. The molecule has 1 N–H and O–H groups in total. The summed E-state index contributed by atoms with van der Waals surface area (Å²) in [6.45, 7) is 4.09. The van der Waals surface area contributed by atoms with Gasteiger partial charge in [0.1, 0.15) is 0 Å². The summed E-state index contributed by atoms with van der Waals surface area (Å²) in [4.78, 5) is 2.48. The summed E-state index contributed by atoms with van der Waals surface area (Å²) in [5.74, 6) is 0. The van der Waals surface area contributed by atoms with Crippen LogP contribution in [0.4, 0.5) is 24.5 Å². The monoisotopic (exact) mass is 603 g/mol. The molecular formula is C29H36F3N7O2S. The number of piperidine rings is 1. The molecule has 1 aromatic heterocycles. The highest BCUT2D eigenvalue weighted by Gasteiger charge is 2.34. The Kier molecular flexibility index (Phi) is 7.71. The quantitative estimate of drug-likeness (QED) is 0.428. The van der Waals surface area contributed by atoms with E-state index in [4.69, 9.17) is 5.10 Å². The summed E-state index contributed by atoms with van der Waals surface area (Å²) in [7, 11) is -1.37. The van der Waals surface area contributed by atoms with Crippen molar-refractivity contribution in [1.82, 2.24) is 24.1 Å². The molecule has 6 rings (SSSR count). The average molecular weight is 604 g/mol. The molecule has 0 bridgehead atoms. The molecular weight excluding hydrogens is 567 g/mol. The number of hydrazine groups is 2. The summed E-state index contributed by atoms with van der Waals surface area (Å²) in [5.41, 5.74) is 7.87. The van der Waals surface area contributed by atoms with Gasteiger partial charge >= 0.3 is 6.18 Å². The molecule has 9 nitrogen and oxygen atoms in total. The largest absolute Gasteiger partial charge is 0.416 e. The van der Waals surface area contributed by atoms with Gasteiger partial charge in [0.15, 0.2) is 0 Å². The van der Waals surface area contributed by atoms with Crippen molar-refractivity contribution in [2.45, 2.75) is 51.0 Å². The number of alkyl halides is 3. The Bertz CT molecular complexity index is 1530. The van der Waals surface area contributed by atoms with Crippen molar-refractivity contribution in [3.05, 3.63) is 65.4 Å². The molecule has 0 unspecified atom stereocenters. The average Bonchev–Trinajstić information content (AvgIpc) is 3.49. The van der Waals surface area contributed by atoms with E-state index in [0.29, 0.717) is 36.8 Å². The van der Waals surface area contributed by atoms with Gasteiger partial charge in [-0.25, -0.2) is 8.42 Å². The molecule has 1 fully saturated rings. The number of halogens is 3. The van der Waals surface area contributed by atoms with E-state index >= 15 is 0 Å². The fraction of sp³-hybridized carbons (Fsp3) is 0.483. The number of likely N-dealkylation sites (tertiary alicyclic amines) is 1. The molecule has 0 atom stereocenters. The molecule has 2 aromatic carbocycles. The van der Waals surface area contributed by atoms with E-state index in [9.17, 15) is 21.6 Å². The summed E-state index contributed by atoms with van der Waals surface area (Å²) < 4.78 is 67.4. The number of aryl methyl sites for hydroxylation is 1. The van der Waals surface area contributed by atoms with Crippen molar-refractivity contribution in [1.29, 1.82) is 0 Å². The van der Waals surface area contributed by atoms with Crippen LogP contribution in [0.1, 0.15) is 36.1 Å². The molecule has 0 spiro atoms. The number of fused-ring (bicyclic) bond motifs is 2. The van der Waals surface area contributed by atoms with Gasteiger partial charge in [-0.05, 0) is 50.1 Å². The van der Waals surface area contributed by atoms with Crippen LogP contribution >= 0.6 is 0 Å². The number of para-hydroxylation sites is 2. The lowest BCUT2D eigenvalue weighted by Gasteiger charge is -2.40. The van der Waals surface area contributed by atoms with Crippen LogP contribution in [0.5, 0.6) is 0 Å². The first kappa shape index (κ1) is 29.0. The van der Waals surface area contributed by atoms with Gasteiger partial charge in [-0.15, -0.1) is 5.12 Å². The first-order valence-electron chi connectivity index (χ1n) is 14.3. The summed E-state index contributed by atoms with van der Waals surface area (Å²) >= 11 is 0. The maximum atomic E-state index is 13.1. The summed E-state index contributed by atoms with van der Waals surface area (Å²) in [6, 6.07) is 13.7. The Morgan fingerprint density at radius 2 is 1.71 bits per heavy atom. The highest BCUT2D eigenvalue weighted by molar-refractivity contribution is 7.88. The predicted molar refractivity (Wildman–Crippen MR) is 156 cm³/mol. The number of hydrogen-bond acceptors (Lipinski definition) is 7. The van der Waals surface area contributed by atoms with Crippen molar-refractivity contribution in [3.8, 4) is 11.3 Å². The van der Waals surface area contributed by atoms with Gasteiger partial charge in [-0.3, -0.25) is 15.1 Å². The number of anilines is 2. The van der Waals surface area contributed by atoms with Crippen LogP contribution in [0, 0.1) is 0 Å². The zero-order valence-corrected chi connectivity index (χ0v) is 24.6. The molecule has 226 valence electrons. The molecule has 0 aliphatic carbocycles. The van der Waals surface area contributed by atoms with Crippen molar-refractivity contribution in [2.24, 2.45) is 0 Å². The topological polar surface area (TPSA) is 77.0 Å². The second kappa shape index (κ2) is 11.2. The molecule has 13 heteroatoms. The van der Waals surface area contributed by atoms with Gasteiger partial charge in [0.05, 0.1) is 28.9 Å². The van der Waals surface area contributed by atoms with Gasteiger partial charge in [0.2, 0.25) is 10.0 Å². The first-order chi connectivity index (χ1) is 20.0. The second-order valence-corrected chi connectivity index (χ2v) is 13.3. The Labute approximate surface area is 244 Å². The number of sulfonamides is 1. The summed E-state index contributed by atoms with van der Waals surface area (Å²) in [5, 5.41) is 9.25. The molecule has 4 heterocycles. The zero-order valence-electron chi connectivity index (χ0n) is 23.8. The lowest BCUT2D eigenvalue weighted by atomic mass is 10.0. The van der Waals surface area contributed by atoms with E-state index in [1.165, 1.54) is 28.4 Å². The van der Waals surface area contributed by atoms with Crippen LogP contribution in [0.25, 0.3) is 11.3 Å². The smallest absolute Gasteiger partial charge is 0.303 e. The van der Waals surface area contributed by atoms with Gasteiger partial charge in [-0.2, -0.15) is 22.6 Å². The van der Waals surface area contributed by atoms with E-state index in [1.54, 1.807) is 0 Å². The van der Waals surface area contributed by atoms with Crippen molar-refractivity contribution >= 4 is 21.4 Å². The number of rotatable bonds is 7. The number of benzene rings is 2. The van der Waals surface area contributed by atoms with E-state index in [1.807, 2.05) is 17.8 Å². The van der Waals surface area contributed by atoms with Gasteiger partial charge in [-0.1, -0.05) is 24.3 Å². The maximum absolute atomic E-state index is 13.1. The van der Waals surface area contributed by atoms with Crippen LogP contribution in [-0.4, -0.2) is 78.0 Å². The van der Waals surface area contributed by atoms with E-state index in [2.05, 4.69) is 38.7 Å². The minimum absolute atomic E-state index is 0.168. The van der Waals surface area contributed by atoms with Gasteiger partial charge in [0.25, 0.3) is 0 Å². The molecule has 0 saturated carbocycles. The van der Waals surface area contributed by atoms with Crippen LogP contribution in [0.3, 0.4) is 0 Å². The van der Waals surface area contributed by atoms with Gasteiger partial charge < -0.3 is 4.90 Å². The minimum Gasteiger partial charge on any atom is -0.303 e. The second-order valence-electron chi connectivity index (χ2n) is 11.3. The predicted octanol–water partition coefficient (Wildman–Crippen LogP) is 4.44. The lowest BCUT2D eigenvalue weighted by Crippen LogP contribution is -2.50. The SMILES string of the molecule is CN1Nc2ccccc2N1C1CCN(CCCn2nc(-c3ccc(C(F)(F)F)cc3)c3c2CCN(S(C)(=O)=O)C3)CC1. The molecule has 42 heavy (non-hydrogen) atoms. The number of aromatic nitrogens is 2. The third-order valence-corrected chi connectivity index (χ3v) is 9.81. The van der Waals surface area contributed by atoms with Crippen molar-refractivity contribution < 1.29 is 21.6 Å². The van der Waals surface area contributed by atoms with Crippen LogP contribution in [0.15, 0.2) is 48.5 Å². The standard InChI is InChI=1S/C29H36F3N7O2S/c1-35-33-25-6-3-4-7-27(25)39(35)23-12-17-36(18-13-23)15-5-16-38-26-14-19-37(42(2,40)41)20-24(26)28(34-38)21-8-10-22(11-9-21)29(30,31)32/h3-4,6-11,23,33H,5,12-20H2,1-2H3. The third-order valence-electron chi connectivity index (χ3n) is 8.56. The molecule has 3 aromatic rings. The van der Waals surface area contributed by atoms with E-state index < -0.39 is 21.8 Å². The molecule has 1 saturated heterocycles. The molecule has 0 amide bonds. The van der Waals surface area contributed by atoms with Crippen LogP contribution < -0.4 is 10.4 Å². The van der Waals surface area contributed by atoms with Crippen molar-refractivity contribution in [3.63, 3.8) is 0 Å². The molecule has 3 aliphatic heterocycles. The Morgan fingerprint density at radius 1 is 1.00 bits per heavy atom. The fourth-order valence-electron chi connectivity index (χ4n) is 6.41. The van der Waals surface area contributed by atoms with Crippen LogP contribution in [-0.2, 0) is 35.7 Å². The zero-order chi connectivity index (χ0) is 29.6. The Hall–Kier alpha value is -3.13. The van der Waals surface area contributed by atoms with E-state index in [-0.39, 0.29) is 6.54 Å².